The Morgan fingerprint density at radius 2 is 1.42 bits per heavy atom. The number of benzene rings is 3. The van der Waals surface area contributed by atoms with Crippen molar-refractivity contribution in [2.45, 2.75) is 0 Å². The van der Waals surface area contributed by atoms with Gasteiger partial charge in [0.1, 0.15) is 0 Å². The van der Waals surface area contributed by atoms with E-state index in [0.717, 1.165) is 33.5 Å². The number of azo groups is 2. The first-order chi connectivity index (χ1) is 12.8. The lowest BCUT2D eigenvalue weighted by atomic mass is 10.1. The molecule has 0 fully saturated rings. The van der Waals surface area contributed by atoms with Crippen LogP contribution in [0.3, 0.4) is 0 Å². The predicted octanol–water partition coefficient (Wildman–Crippen LogP) is 6.71. The van der Waals surface area contributed by atoms with Gasteiger partial charge in [-0.25, -0.2) is 4.98 Å². The van der Waals surface area contributed by atoms with E-state index >= 15 is 0 Å². The number of hydrogen-bond donors (Lipinski definition) is 1. The van der Waals surface area contributed by atoms with E-state index in [4.69, 9.17) is 5.73 Å². The van der Waals surface area contributed by atoms with Crippen molar-refractivity contribution in [2.24, 2.45) is 20.5 Å². The number of rotatable bonds is 4. The van der Waals surface area contributed by atoms with Crippen LogP contribution in [0, 0.1) is 0 Å². The summed E-state index contributed by atoms with van der Waals surface area (Å²) in [5.74, 6) is 0. The first-order valence-corrected chi connectivity index (χ1v) is 8.78. The maximum absolute atomic E-state index is 6.02. The number of anilines is 1. The minimum absolute atomic E-state index is 0.629. The molecule has 0 amide bonds. The lowest BCUT2D eigenvalue weighted by molar-refractivity contribution is 1.19. The Morgan fingerprint density at radius 1 is 0.731 bits per heavy atom. The zero-order valence-corrected chi connectivity index (χ0v) is 14.5. The lowest BCUT2D eigenvalue weighted by Gasteiger charge is -2.04. The summed E-state index contributed by atoms with van der Waals surface area (Å²) in [6, 6.07) is 19.0. The highest BCUT2D eigenvalue weighted by atomic mass is 32.1. The van der Waals surface area contributed by atoms with Crippen LogP contribution in [0.1, 0.15) is 0 Å². The van der Waals surface area contributed by atoms with Gasteiger partial charge in [0.2, 0.25) is 5.13 Å². The Balaban J connectivity index is 1.55. The average Bonchev–Trinajstić information content (AvgIpc) is 3.21. The second-order valence-electron chi connectivity index (χ2n) is 5.45. The summed E-state index contributed by atoms with van der Waals surface area (Å²) >= 11 is 1.44. The van der Waals surface area contributed by atoms with E-state index in [9.17, 15) is 0 Å². The number of fused-ring (bicyclic) bond motifs is 1. The molecule has 0 spiro atoms. The number of nitrogens with zero attached hydrogens (tertiary/aromatic N) is 5. The van der Waals surface area contributed by atoms with Crippen molar-refractivity contribution in [3.8, 4) is 0 Å². The Kier molecular flexibility index (Phi) is 4.44. The monoisotopic (exact) mass is 358 g/mol. The van der Waals surface area contributed by atoms with Crippen LogP contribution in [0.5, 0.6) is 0 Å². The molecule has 0 saturated heterocycles. The van der Waals surface area contributed by atoms with Crippen molar-refractivity contribution in [1.29, 1.82) is 0 Å². The average molecular weight is 358 g/mol. The smallest absolute Gasteiger partial charge is 0.229 e. The molecule has 1 heterocycles. The van der Waals surface area contributed by atoms with E-state index in [1.165, 1.54) is 11.3 Å². The summed E-state index contributed by atoms with van der Waals surface area (Å²) in [5.41, 5.74) is 9.00. The van der Waals surface area contributed by atoms with Gasteiger partial charge in [-0.15, -0.1) is 26.7 Å². The van der Waals surface area contributed by atoms with Crippen LogP contribution in [0.4, 0.5) is 27.9 Å². The molecule has 0 aliphatic rings. The fourth-order valence-corrected chi connectivity index (χ4v) is 2.91. The van der Waals surface area contributed by atoms with Crippen LogP contribution >= 0.6 is 11.3 Å². The maximum Gasteiger partial charge on any atom is 0.229 e. The minimum Gasteiger partial charge on any atom is -0.398 e. The Labute approximate surface area is 153 Å². The SMILES string of the molecule is Nc1ccc(/N=N/c2ccc(/N=N/c3nccs3)cc2)c2ccccc12. The molecule has 1 aromatic heterocycles. The summed E-state index contributed by atoms with van der Waals surface area (Å²) in [5, 5.41) is 21.3. The van der Waals surface area contributed by atoms with Crippen LogP contribution in [0.25, 0.3) is 10.8 Å². The molecular weight excluding hydrogens is 344 g/mol. The van der Waals surface area contributed by atoms with Gasteiger partial charge in [0.25, 0.3) is 0 Å². The molecule has 3 aromatic carbocycles. The Hall–Kier alpha value is -3.45. The van der Waals surface area contributed by atoms with E-state index in [1.54, 1.807) is 6.20 Å². The molecule has 0 aliphatic carbocycles. The van der Waals surface area contributed by atoms with E-state index < -0.39 is 0 Å². The minimum atomic E-state index is 0.629. The number of hydrogen-bond acceptors (Lipinski definition) is 7. The third-order valence-electron chi connectivity index (χ3n) is 3.73. The number of nitrogens with two attached hydrogens (primary N) is 1. The van der Waals surface area contributed by atoms with E-state index in [-0.39, 0.29) is 0 Å². The molecule has 0 bridgehead atoms. The maximum atomic E-state index is 6.02. The van der Waals surface area contributed by atoms with Crippen LogP contribution in [-0.2, 0) is 0 Å². The van der Waals surface area contributed by atoms with Gasteiger partial charge in [0, 0.05) is 28.0 Å². The summed E-state index contributed by atoms with van der Waals surface area (Å²) in [6.45, 7) is 0. The topological polar surface area (TPSA) is 88.3 Å². The van der Waals surface area contributed by atoms with Crippen molar-refractivity contribution < 1.29 is 0 Å². The van der Waals surface area contributed by atoms with Gasteiger partial charge in [-0.05, 0) is 36.4 Å². The van der Waals surface area contributed by atoms with Crippen LogP contribution in [-0.4, -0.2) is 4.98 Å². The Morgan fingerprint density at radius 3 is 2.12 bits per heavy atom. The molecule has 4 aromatic rings. The van der Waals surface area contributed by atoms with Gasteiger partial charge in [-0.1, -0.05) is 24.3 Å². The van der Waals surface area contributed by atoms with Gasteiger partial charge >= 0.3 is 0 Å². The highest BCUT2D eigenvalue weighted by Gasteiger charge is 2.02. The molecule has 0 aliphatic heterocycles. The van der Waals surface area contributed by atoms with Crippen LogP contribution in [0.2, 0.25) is 0 Å². The Bertz CT molecular complexity index is 1080. The van der Waals surface area contributed by atoms with Crippen molar-refractivity contribution in [2.75, 3.05) is 5.73 Å². The van der Waals surface area contributed by atoms with E-state index in [2.05, 4.69) is 25.4 Å². The van der Waals surface area contributed by atoms with E-state index in [0.29, 0.717) is 5.13 Å². The highest BCUT2D eigenvalue weighted by molar-refractivity contribution is 7.13. The molecule has 26 heavy (non-hydrogen) atoms. The second kappa shape index (κ2) is 7.20. The third-order valence-corrected chi connectivity index (χ3v) is 4.38. The summed E-state index contributed by atoms with van der Waals surface area (Å²) in [6.07, 6.45) is 1.70. The zero-order valence-electron chi connectivity index (χ0n) is 13.6. The van der Waals surface area contributed by atoms with Crippen LogP contribution < -0.4 is 5.73 Å². The van der Waals surface area contributed by atoms with Crippen molar-refractivity contribution in [1.82, 2.24) is 4.98 Å². The largest absolute Gasteiger partial charge is 0.398 e. The summed E-state index contributed by atoms with van der Waals surface area (Å²) in [4.78, 5) is 4.06. The highest BCUT2D eigenvalue weighted by Crippen LogP contribution is 2.31. The zero-order chi connectivity index (χ0) is 17.8. The standard InChI is InChI=1S/C19H14N6S/c20-17-9-10-18(16-4-2-1-3-15(16)17)24-22-13-5-7-14(8-6-13)23-25-19-21-11-12-26-19/h1-12H,20H2/b24-22+,25-23+. The predicted molar refractivity (Wildman–Crippen MR) is 105 cm³/mol. The molecule has 2 N–H and O–H groups in total. The van der Waals surface area contributed by atoms with Gasteiger partial charge in [-0.2, -0.15) is 5.11 Å². The molecule has 7 heteroatoms. The van der Waals surface area contributed by atoms with Crippen molar-refractivity contribution in [3.05, 3.63) is 72.2 Å². The number of aromatic nitrogens is 1. The van der Waals surface area contributed by atoms with Crippen molar-refractivity contribution >= 4 is 50.0 Å². The van der Waals surface area contributed by atoms with Gasteiger partial charge < -0.3 is 5.73 Å². The van der Waals surface area contributed by atoms with Crippen molar-refractivity contribution in [3.63, 3.8) is 0 Å². The molecular formula is C19H14N6S. The molecule has 6 nitrogen and oxygen atoms in total. The molecule has 4 rings (SSSR count). The third kappa shape index (κ3) is 3.47. The summed E-state index contributed by atoms with van der Waals surface area (Å²) in [7, 11) is 0. The fourth-order valence-electron chi connectivity index (χ4n) is 2.46. The van der Waals surface area contributed by atoms with E-state index in [1.807, 2.05) is 66.0 Å². The number of nitrogen functional groups attached to an aromatic ring is 1. The molecule has 126 valence electrons. The normalized spacial score (nSPS) is 11.7. The first-order valence-electron chi connectivity index (χ1n) is 7.90. The van der Waals surface area contributed by atoms with Gasteiger partial charge in [0.05, 0.1) is 17.1 Å². The lowest BCUT2D eigenvalue weighted by Crippen LogP contribution is -1.86. The molecule has 0 unspecified atom stereocenters. The van der Waals surface area contributed by atoms with Gasteiger partial charge in [-0.3, -0.25) is 0 Å². The molecule has 0 saturated carbocycles. The summed E-state index contributed by atoms with van der Waals surface area (Å²) < 4.78 is 0. The first kappa shape index (κ1) is 16.0. The molecule has 0 atom stereocenters. The second-order valence-corrected chi connectivity index (χ2v) is 6.32. The van der Waals surface area contributed by atoms with Crippen LogP contribution in [0.15, 0.2) is 92.7 Å². The number of thiazole rings is 1. The van der Waals surface area contributed by atoms with Gasteiger partial charge in [0.15, 0.2) is 0 Å². The quantitative estimate of drug-likeness (QED) is 0.324. The molecule has 0 radical (unpaired) electrons. The fraction of sp³-hybridized carbons (Fsp3) is 0.